The number of rotatable bonds is 6. The van der Waals surface area contributed by atoms with Gasteiger partial charge in [-0.3, -0.25) is 0 Å². The van der Waals surface area contributed by atoms with E-state index < -0.39 is 0 Å². The fourth-order valence-corrected chi connectivity index (χ4v) is 2.65. The lowest BCUT2D eigenvalue weighted by Gasteiger charge is -2.32. The van der Waals surface area contributed by atoms with Crippen LogP contribution in [-0.4, -0.2) is 42.1 Å². The fraction of sp³-hybridized carbons (Fsp3) is 0.667. The first-order valence-electron chi connectivity index (χ1n) is 7.50. The van der Waals surface area contributed by atoms with Crippen molar-refractivity contribution in [3.8, 4) is 0 Å². The van der Waals surface area contributed by atoms with Gasteiger partial charge < -0.3 is 15.5 Å². The predicted octanol–water partition coefficient (Wildman–Crippen LogP) is 2.80. The second kappa shape index (κ2) is 7.34. The molecule has 0 saturated carbocycles. The van der Waals surface area contributed by atoms with Gasteiger partial charge in [0.05, 0.1) is 0 Å². The van der Waals surface area contributed by atoms with Crippen LogP contribution in [0.5, 0.6) is 0 Å². The number of anilines is 2. The van der Waals surface area contributed by atoms with Crippen LogP contribution in [0.3, 0.4) is 0 Å². The van der Waals surface area contributed by atoms with Gasteiger partial charge in [-0.2, -0.15) is 0 Å². The molecule has 1 aliphatic heterocycles. The molecule has 1 saturated heterocycles. The van der Waals surface area contributed by atoms with Crippen LogP contribution in [0.4, 0.5) is 11.5 Å². The number of piperidine rings is 1. The molecular formula is C15H26N4. The van der Waals surface area contributed by atoms with Crippen LogP contribution in [0.2, 0.25) is 0 Å². The third-order valence-electron chi connectivity index (χ3n) is 3.62. The molecule has 0 amide bonds. The highest BCUT2D eigenvalue weighted by atomic mass is 15.1. The topological polar surface area (TPSA) is 40.2 Å². The van der Waals surface area contributed by atoms with Crippen LogP contribution in [-0.2, 0) is 0 Å². The third kappa shape index (κ3) is 4.39. The first-order valence-corrected chi connectivity index (χ1v) is 7.50. The third-order valence-corrected chi connectivity index (χ3v) is 3.62. The van der Waals surface area contributed by atoms with Crippen molar-refractivity contribution >= 4 is 11.5 Å². The zero-order valence-corrected chi connectivity index (χ0v) is 12.2. The molecule has 0 atom stereocenters. The Balaban J connectivity index is 1.83. The summed E-state index contributed by atoms with van der Waals surface area (Å²) in [6.07, 6.45) is 5.60. The van der Waals surface area contributed by atoms with Crippen molar-refractivity contribution in [2.24, 2.45) is 0 Å². The lowest BCUT2D eigenvalue weighted by molar-refractivity contribution is 0.219. The van der Waals surface area contributed by atoms with Crippen molar-refractivity contribution in [2.45, 2.75) is 39.2 Å². The summed E-state index contributed by atoms with van der Waals surface area (Å²) in [5.74, 6) is 0.955. The molecule has 106 valence electrons. The molecule has 0 radical (unpaired) electrons. The van der Waals surface area contributed by atoms with E-state index >= 15 is 0 Å². The fourth-order valence-electron chi connectivity index (χ4n) is 2.65. The van der Waals surface area contributed by atoms with Crippen LogP contribution in [0.25, 0.3) is 0 Å². The molecule has 0 aromatic carbocycles. The number of nitrogens with one attached hydrogen (secondary N) is 2. The maximum atomic E-state index is 4.30. The lowest BCUT2D eigenvalue weighted by Crippen LogP contribution is -2.39. The van der Waals surface area contributed by atoms with Gasteiger partial charge in [-0.1, -0.05) is 6.92 Å². The highest BCUT2D eigenvalue weighted by Crippen LogP contribution is 2.18. The number of pyridine rings is 1. The monoisotopic (exact) mass is 262 g/mol. The molecule has 2 N–H and O–H groups in total. The van der Waals surface area contributed by atoms with Gasteiger partial charge in [0.1, 0.15) is 5.82 Å². The molecule has 1 aliphatic rings. The molecule has 0 unspecified atom stereocenters. The summed E-state index contributed by atoms with van der Waals surface area (Å²) >= 11 is 0. The summed E-state index contributed by atoms with van der Waals surface area (Å²) < 4.78 is 0. The van der Waals surface area contributed by atoms with Crippen molar-refractivity contribution in [1.82, 2.24) is 9.88 Å². The summed E-state index contributed by atoms with van der Waals surface area (Å²) in [6.45, 7) is 8.93. The highest BCUT2D eigenvalue weighted by molar-refractivity contribution is 5.52. The Morgan fingerprint density at radius 3 is 2.79 bits per heavy atom. The molecule has 0 bridgehead atoms. The number of likely N-dealkylation sites (tertiary alicyclic amines) is 1. The Bertz CT molecular complexity index is 372. The summed E-state index contributed by atoms with van der Waals surface area (Å²) in [4.78, 5) is 6.86. The van der Waals surface area contributed by atoms with Crippen LogP contribution in [0.15, 0.2) is 18.3 Å². The highest BCUT2D eigenvalue weighted by Gasteiger charge is 2.18. The Morgan fingerprint density at radius 2 is 2.11 bits per heavy atom. The maximum absolute atomic E-state index is 4.30. The summed E-state index contributed by atoms with van der Waals surface area (Å²) in [5, 5.41) is 6.89. The molecule has 4 nitrogen and oxygen atoms in total. The van der Waals surface area contributed by atoms with Crippen LogP contribution < -0.4 is 10.6 Å². The first-order chi connectivity index (χ1) is 9.31. The van der Waals surface area contributed by atoms with Gasteiger partial charge in [-0.25, -0.2) is 4.98 Å². The van der Waals surface area contributed by atoms with Crippen molar-refractivity contribution in [1.29, 1.82) is 0 Å². The van der Waals surface area contributed by atoms with Gasteiger partial charge in [0.25, 0.3) is 0 Å². The Kier molecular flexibility index (Phi) is 5.45. The Morgan fingerprint density at radius 1 is 1.32 bits per heavy atom. The standard InChI is InChI=1S/C15H26N4/c1-3-9-19-10-6-13(7-11-19)18-14-5-8-17-15(12-14)16-4-2/h5,8,12-13H,3-4,6-7,9-11H2,1-2H3,(H2,16,17,18). The SMILES string of the molecule is CCCN1CCC(Nc2ccnc(NCC)c2)CC1. The molecule has 0 aliphatic carbocycles. The van der Waals surface area contributed by atoms with E-state index in [1.54, 1.807) is 0 Å². The van der Waals surface area contributed by atoms with Crippen molar-refractivity contribution in [3.63, 3.8) is 0 Å². The second-order valence-electron chi connectivity index (χ2n) is 5.22. The average Bonchev–Trinajstić information content (AvgIpc) is 2.42. The largest absolute Gasteiger partial charge is 0.382 e. The van der Waals surface area contributed by atoms with Crippen LogP contribution in [0.1, 0.15) is 33.1 Å². The molecule has 2 rings (SSSR count). The van der Waals surface area contributed by atoms with Gasteiger partial charge in [0.2, 0.25) is 0 Å². The van der Waals surface area contributed by atoms with E-state index in [1.807, 2.05) is 6.20 Å². The van der Waals surface area contributed by atoms with E-state index in [0.29, 0.717) is 6.04 Å². The van der Waals surface area contributed by atoms with Gasteiger partial charge >= 0.3 is 0 Å². The van der Waals surface area contributed by atoms with E-state index in [0.717, 1.165) is 12.4 Å². The summed E-state index contributed by atoms with van der Waals surface area (Å²) in [5.41, 5.74) is 1.18. The van der Waals surface area contributed by atoms with E-state index in [9.17, 15) is 0 Å². The van der Waals surface area contributed by atoms with Gasteiger partial charge in [-0.15, -0.1) is 0 Å². The van der Waals surface area contributed by atoms with Gasteiger partial charge in [0, 0.05) is 43.6 Å². The number of hydrogen-bond acceptors (Lipinski definition) is 4. The quantitative estimate of drug-likeness (QED) is 0.827. The minimum Gasteiger partial charge on any atom is -0.382 e. The zero-order valence-electron chi connectivity index (χ0n) is 12.2. The summed E-state index contributed by atoms with van der Waals surface area (Å²) in [7, 11) is 0. The molecule has 1 aromatic heterocycles. The number of aromatic nitrogens is 1. The molecule has 4 heteroatoms. The van der Waals surface area contributed by atoms with Gasteiger partial charge in [-0.05, 0) is 38.8 Å². The van der Waals surface area contributed by atoms with E-state index in [2.05, 4.69) is 46.5 Å². The number of nitrogens with zero attached hydrogens (tertiary/aromatic N) is 2. The number of hydrogen-bond donors (Lipinski definition) is 2. The predicted molar refractivity (Wildman–Crippen MR) is 81.8 cm³/mol. The van der Waals surface area contributed by atoms with Crippen molar-refractivity contribution in [3.05, 3.63) is 18.3 Å². The Hall–Kier alpha value is -1.29. The first kappa shape index (κ1) is 14.1. The maximum Gasteiger partial charge on any atom is 0.127 e. The smallest absolute Gasteiger partial charge is 0.127 e. The van der Waals surface area contributed by atoms with Crippen molar-refractivity contribution in [2.75, 3.05) is 36.8 Å². The molecular weight excluding hydrogens is 236 g/mol. The molecule has 1 aromatic rings. The van der Waals surface area contributed by atoms with E-state index in [4.69, 9.17) is 0 Å². The van der Waals surface area contributed by atoms with Gasteiger partial charge in [0.15, 0.2) is 0 Å². The second-order valence-corrected chi connectivity index (χ2v) is 5.22. The summed E-state index contributed by atoms with van der Waals surface area (Å²) in [6, 6.07) is 4.76. The van der Waals surface area contributed by atoms with Crippen molar-refractivity contribution < 1.29 is 0 Å². The minimum absolute atomic E-state index is 0.602. The zero-order chi connectivity index (χ0) is 13.5. The average molecular weight is 262 g/mol. The van der Waals surface area contributed by atoms with E-state index in [-0.39, 0.29) is 0 Å². The lowest BCUT2D eigenvalue weighted by atomic mass is 10.0. The molecule has 2 heterocycles. The minimum atomic E-state index is 0.602. The normalized spacial score (nSPS) is 17.4. The van der Waals surface area contributed by atoms with Crippen LogP contribution in [0, 0.1) is 0 Å². The molecule has 0 spiro atoms. The Labute approximate surface area is 116 Å². The van der Waals surface area contributed by atoms with E-state index in [1.165, 1.54) is 44.6 Å². The van der Waals surface area contributed by atoms with Crippen LogP contribution >= 0.6 is 0 Å². The molecule has 19 heavy (non-hydrogen) atoms. The molecule has 1 fully saturated rings.